The van der Waals surface area contributed by atoms with E-state index in [4.69, 9.17) is 11.6 Å². The van der Waals surface area contributed by atoms with Crippen molar-refractivity contribution in [1.82, 2.24) is 0 Å². The molecule has 2 aromatic carbocycles. The highest BCUT2D eigenvalue weighted by molar-refractivity contribution is 9.10. The Balaban J connectivity index is 1.97. The summed E-state index contributed by atoms with van der Waals surface area (Å²) in [4.78, 5) is 11.4. The van der Waals surface area contributed by atoms with Gasteiger partial charge in [0.05, 0.1) is 5.38 Å². The predicted octanol–water partition coefficient (Wildman–Crippen LogP) is 4.97. The summed E-state index contributed by atoms with van der Waals surface area (Å²) in [6, 6.07) is 12.2. The Morgan fingerprint density at radius 2 is 2.00 bits per heavy atom. The summed E-state index contributed by atoms with van der Waals surface area (Å²) >= 11 is 10.2. The zero-order valence-corrected chi connectivity index (χ0v) is 14.0. The topological polar surface area (TPSA) is 29.1 Å². The van der Waals surface area contributed by atoms with Gasteiger partial charge in [0, 0.05) is 16.6 Å². The van der Waals surface area contributed by atoms with Gasteiger partial charge in [-0.05, 0) is 42.2 Å². The lowest BCUT2D eigenvalue weighted by Gasteiger charge is -2.20. The van der Waals surface area contributed by atoms with Crippen molar-refractivity contribution in [1.29, 1.82) is 0 Å². The van der Waals surface area contributed by atoms with Crippen molar-refractivity contribution in [3.8, 4) is 0 Å². The molecule has 1 aliphatic rings. The number of nitrogens with one attached hydrogen (secondary N) is 1. The number of fused-ring (bicyclic) bond motifs is 1. The number of rotatable bonds is 2. The van der Waals surface area contributed by atoms with Gasteiger partial charge in [0.25, 0.3) is 0 Å². The van der Waals surface area contributed by atoms with Crippen molar-refractivity contribution >= 4 is 39.1 Å². The number of alkyl halides is 1. The van der Waals surface area contributed by atoms with E-state index in [0.29, 0.717) is 6.42 Å². The number of anilines is 1. The lowest BCUT2D eigenvalue weighted by atomic mass is 9.96. The number of amides is 1. The number of benzene rings is 2. The van der Waals surface area contributed by atoms with Crippen molar-refractivity contribution in [3.05, 3.63) is 63.1 Å². The van der Waals surface area contributed by atoms with Crippen molar-refractivity contribution in [2.75, 3.05) is 5.32 Å². The third-order valence-corrected chi connectivity index (χ3v) is 4.95. The molecule has 0 aliphatic carbocycles. The molecule has 2 nitrogen and oxygen atoms in total. The second kappa shape index (κ2) is 5.82. The van der Waals surface area contributed by atoms with E-state index in [9.17, 15) is 4.79 Å². The molecule has 0 aromatic heterocycles. The van der Waals surface area contributed by atoms with E-state index in [-0.39, 0.29) is 11.3 Å². The molecule has 4 heteroatoms. The maximum atomic E-state index is 11.4. The lowest BCUT2D eigenvalue weighted by Crippen LogP contribution is -2.19. The Bertz CT molecular complexity index is 714. The van der Waals surface area contributed by atoms with Crippen molar-refractivity contribution in [2.45, 2.75) is 25.1 Å². The zero-order chi connectivity index (χ0) is 15.0. The van der Waals surface area contributed by atoms with Crippen LogP contribution in [0.1, 0.15) is 34.1 Å². The zero-order valence-electron chi connectivity index (χ0n) is 11.6. The van der Waals surface area contributed by atoms with E-state index in [1.165, 1.54) is 5.56 Å². The molecule has 0 bridgehead atoms. The molecule has 0 spiro atoms. The van der Waals surface area contributed by atoms with Gasteiger partial charge in [-0.1, -0.05) is 45.8 Å². The molecule has 2 aromatic rings. The van der Waals surface area contributed by atoms with E-state index < -0.39 is 0 Å². The average molecular weight is 365 g/mol. The van der Waals surface area contributed by atoms with E-state index in [2.05, 4.69) is 46.4 Å². The molecule has 0 saturated carbocycles. The maximum Gasteiger partial charge on any atom is 0.224 e. The van der Waals surface area contributed by atoms with Crippen LogP contribution in [0.2, 0.25) is 0 Å². The van der Waals surface area contributed by atoms with Crippen LogP contribution in [-0.2, 0) is 11.2 Å². The third-order valence-electron chi connectivity index (χ3n) is 3.74. The van der Waals surface area contributed by atoms with Crippen LogP contribution < -0.4 is 5.32 Å². The van der Waals surface area contributed by atoms with Crippen molar-refractivity contribution < 1.29 is 4.79 Å². The van der Waals surface area contributed by atoms with Gasteiger partial charge in [0.1, 0.15) is 0 Å². The quantitative estimate of drug-likeness (QED) is 0.749. The Labute approximate surface area is 137 Å². The predicted molar refractivity (Wildman–Crippen MR) is 90.0 cm³/mol. The molecule has 1 atom stereocenters. The number of hydrogen-bond acceptors (Lipinski definition) is 1. The van der Waals surface area contributed by atoms with Gasteiger partial charge in [-0.15, -0.1) is 11.6 Å². The second-order valence-electron chi connectivity index (χ2n) is 5.35. The molecule has 1 amide bonds. The molecule has 21 heavy (non-hydrogen) atoms. The van der Waals surface area contributed by atoms with Gasteiger partial charge in [0.2, 0.25) is 5.91 Å². The smallest absolute Gasteiger partial charge is 0.224 e. The summed E-state index contributed by atoms with van der Waals surface area (Å²) in [6.07, 6.45) is 1.31. The number of carbonyl (C=O) groups excluding carboxylic acids is 1. The van der Waals surface area contributed by atoms with Gasteiger partial charge < -0.3 is 5.32 Å². The Kier molecular flexibility index (Phi) is 4.05. The Hall–Kier alpha value is -1.32. The first-order valence-electron chi connectivity index (χ1n) is 6.87. The van der Waals surface area contributed by atoms with E-state index in [1.807, 2.05) is 18.2 Å². The molecule has 0 saturated heterocycles. The summed E-state index contributed by atoms with van der Waals surface area (Å²) in [7, 11) is 0. The fourth-order valence-corrected chi connectivity index (χ4v) is 3.52. The van der Waals surface area contributed by atoms with Crippen LogP contribution in [0.3, 0.4) is 0 Å². The van der Waals surface area contributed by atoms with Crippen molar-refractivity contribution in [3.63, 3.8) is 0 Å². The number of hydrogen-bond donors (Lipinski definition) is 1. The van der Waals surface area contributed by atoms with Gasteiger partial charge >= 0.3 is 0 Å². The second-order valence-corrected chi connectivity index (χ2v) is 6.64. The molecular weight excluding hydrogens is 350 g/mol. The molecule has 0 radical (unpaired) electrons. The van der Waals surface area contributed by atoms with Crippen molar-refractivity contribution in [2.24, 2.45) is 0 Å². The van der Waals surface area contributed by atoms with Crippen LogP contribution in [0.25, 0.3) is 0 Å². The molecule has 108 valence electrons. The van der Waals surface area contributed by atoms with Gasteiger partial charge in [0.15, 0.2) is 0 Å². The van der Waals surface area contributed by atoms with Crippen LogP contribution >= 0.6 is 27.5 Å². The van der Waals surface area contributed by atoms with Gasteiger partial charge in [-0.2, -0.15) is 0 Å². The highest BCUT2D eigenvalue weighted by Crippen LogP contribution is 2.36. The maximum absolute atomic E-state index is 11.4. The molecule has 1 aliphatic heterocycles. The number of aryl methyl sites for hydroxylation is 2. The first-order chi connectivity index (χ1) is 10.0. The van der Waals surface area contributed by atoms with E-state index >= 15 is 0 Å². The lowest BCUT2D eigenvalue weighted by molar-refractivity contribution is -0.116. The largest absolute Gasteiger partial charge is 0.326 e. The Morgan fingerprint density at radius 1 is 1.19 bits per heavy atom. The highest BCUT2D eigenvalue weighted by atomic mass is 79.9. The van der Waals surface area contributed by atoms with Crippen LogP contribution in [-0.4, -0.2) is 5.91 Å². The normalized spacial score (nSPS) is 15.3. The minimum Gasteiger partial charge on any atom is -0.326 e. The van der Waals surface area contributed by atoms with Crippen LogP contribution in [0.4, 0.5) is 5.69 Å². The van der Waals surface area contributed by atoms with E-state index in [1.54, 1.807) is 0 Å². The first kappa shape index (κ1) is 14.6. The summed E-state index contributed by atoms with van der Waals surface area (Å²) in [5.41, 5.74) is 5.36. The van der Waals surface area contributed by atoms with Crippen LogP contribution in [0.15, 0.2) is 40.9 Å². The SMILES string of the molecule is Cc1ccc(Br)c(C(Cl)c2ccc3c(c2)CCC(=O)N3)c1. The molecule has 3 rings (SSSR count). The third kappa shape index (κ3) is 2.99. The molecular formula is C17H15BrClNO. The van der Waals surface area contributed by atoms with Crippen LogP contribution in [0.5, 0.6) is 0 Å². The standard InChI is InChI=1S/C17H15BrClNO/c1-10-2-5-14(18)13(8-10)17(19)12-3-6-15-11(9-12)4-7-16(21)20-15/h2-3,5-6,8-9,17H,4,7H2,1H3,(H,20,21). The fourth-order valence-electron chi connectivity index (χ4n) is 2.60. The van der Waals surface area contributed by atoms with E-state index in [0.717, 1.165) is 33.3 Å². The summed E-state index contributed by atoms with van der Waals surface area (Å²) in [5.74, 6) is 0.0825. The monoisotopic (exact) mass is 363 g/mol. The van der Waals surface area contributed by atoms with Gasteiger partial charge in [-0.25, -0.2) is 0 Å². The van der Waals surface area contributed by atoms with Gasteiger partial charge in [-0.3, -0.25) is 4.79 Å². The fraction of sp³-hybridized carbons (Fsp3) is 0.235. The average Bonchev–Trinajstić information content (AvgIpc) is 2.48. The summed E-state index contributed by atoms with van der Waals surface area (Å²) in [5, 5.41) is 2.69. The number of carbonyl (C=O) groups is 1. The minimum atomic E-state index is -0.206. The Morgan fingerprint density at radius 3 is 2.81 bits per heavy atom. The number of halogens is 2. The molecule has 1 heterocycles. The minimum absolute atomic E-state index is 0.0825. The van der Waals surface area contributed by atoms with Crippen LogP contribution in [0, 0.1) is 6.92 Å². The molecule has 0 fully saturated rings. The summed E-state index contributed by atoms with van der Waals surface area (Å²) < 4.78 is 1.01. The summed E-state index contributed by atoms with van der Waals surface area (Å²) in [6.45, 7) is 2.06. The first-order valence-corrected chi connectivity index (χ1v) is 8.10. The molecule has 1 N–H and O–H groups in total. The highest BCUT2D eigenvalue weighted by Gasteiger charge is 2.19. The molecule has 1 unspecified atom stereocenters.